The fourth-order valence-corrected chi connectivity index (χ4v) is 4.18. The Bertz CT molecular complexity index is 978. The lowest BCUT2D eigenvalue weighted by Crippen LogP contribution is -2.34. The van der Waals surface area contributed by atoms with Gasteiger partial charge >= 0.3 is 0 Å². The van der Waals surface area contributed by atoms with Crippen molar-refractivity contribution in [1.82, 2.24) is 4.90 Å². The number of ether oxygens (including phenoxy) is 2. The van der Waals surface area contributed by atoms with Gasteiger partial charge in [0.15, 0.2) is 0 Å². The van der Waals surface area contributed by atoms with Crippen molar-refractivity contribution in [2.75, 3.05) is 39.5 Å². The molecule has 0 spiro atoms. The van der Waals surface area contributed by atoms with Gasteiger partial charge in [-0.1, -0.05) is 59.6 Å². The lowest BCUT2D eigenvalue weighted by Gasteiger charge is -2.28. The number of nitrogens with zero attached hydrogens (tertiary/aromatic N) is 1. The Hall–Kier alpha value is -2.12. The number of rotatable bonds is 14. The van der Waals surface area contributed by atoms with Crippen LogP contribution in [-0.2, 0) is 11.2 Å². The highest BCUT2D eigenvalue weighted by Gasteiger charge is 2.19. The summed E-state index contributed by atoms with van der Waals surface area (Å²) in [5.74, 6) is 0.804. The zero-order valence-electron chi connectivity index (χ0n) is 19.9. The molecule has 0 amide bonds. The monoisotopic (exact) mass is 517 g/mol. The van der Waals surface area contributed by atoms with Crippen molar-refractivity contribution in [2.45, 2.75) is 25.6 Å². The Morgan fingerprint density at radius 1 is 0.800 bits per heavy atom. The number of benzene rings is 3. The van der Waals surface area contributed by atoms with Crippen molar-refractivity contribution < 1.29 is 19.7 Å². The zero-order chi connectivity index (χ0) is 25.0. The minimum Gasteiger partial charge on any atom is -0.491 e. The summed E-state index contributed by atoms with van der Waals surface area (Å²) in [4.78, 5) is 2.06. The molecular weight excluding hydrogens is 485 g/mol. The lowest BCUT2D eigenvalue weighted by molar-refractivity contribution is 0.0694. The predicted octanol–water partition coefficient (Wildman–Crippen LogP) is 5.72. The molecular formula is C28H33Cl2NO4. The van der Waals surface area contributed by atoms with Crippen LogP contribution in [0.25, 0.3) is 0 Å². The average molecular weight is 518 g/mol. The van der Waals surface area contributed by atoms with Gasteiger partial charge in [-0.25, -0.2) is 0 Å². The molecule has 0 aliphatic rings. The first-order valence-electron chi connectivity index (χ1n) is 11.8. The van der Waals surface area contributed by atoms with Crippen molar-refractivity contribution >= 4 is 23.2 Å². The van der Waals surface area contributed by atoms with Crippen LogP contribution in [0, 0.1) is 0 Å². The van der Waals surface area contributed by atoms with Crippen molar-refractivity contribution in [2.24, 2.45) is 0 Å². The Labute approximate surface area is 217 Å². The van der Waals surface area contributed by atoms with Crippen molar-refractivity contribution in [3.05, 3.63) is 99.5 Å². The third-order valence-corrected chi connectivity index (χ3v) is 6.14. The third-order valence-electron chi connectivity index (χ3n) is 5.67. The summed E-state index contributed by atoms with van der Waals surface area (Å²) in [5, 5.41) is 22.9. The normalized spacial score (nSPS) is 13.1. The molecule has 7 heteroatoms. The quantitative estimate of drug-likeness (QED) is 0.267. The van der Waals surface area contributed by atoms with Crippen molar-refractivity contribution in [1.29, 1.82) is 0 Å². The molecule has 2 atom stereocenters. The van der Waals surface area contributed by atoms with E-state index in [4.69, 9.17) is 32.7 Å². The molecule has 0 fully saturated rings. The molecule has 0 heterocycles. The number of aliphatic hydroxyl groups is 2. The Morgan fingerprint density at radius 2 is 1.37 bits per heavy atom. The van der Waals surface area contributed by atoms with Gasteiger partial charge in [0.05, 0.1) is 18.8 Å². The lowest BCUT2D eigenvalue weighted by atomic mass is 10.1. The zero-order valence-corrected chi connectivity index (χ0v) is 21.5. The highest BCUT2D eigenvalue weighted by atomic mass is 35.5. The van der Waals surface area contributed by atoms with E-state index < -0.39 is 12.2 Å². The largest absolute Gasteiger partial charge is 0.491 e. The molecule has 2 unspecified atom stereocenters. The first-order chi connectivity index (χ1) is 16.9. The van der Waals surface area contributed by atoms with Crippen LogP contribution in [0.3, 0.4) is 0 Å². The molecule has 0 radical (unpaired) electrons. The van der Waals surface area contributed by atoms with Crippen LogP contribution in [0.2, 0.25) is 10.0 Å². The van der Waals surface area contributed by atoms with Crippen LogP contribution >= 0.6 is 23.2 Å². The summed E-state index contributed by atoms with van der Waals surface area (Å²) in [7, 11) is 0. The Balaban J connectivity index is 1.64. The van der Waals surface area contributed by atoms with E-state index in [1.54, 1.807) is 24.3 Å². The van der Waals surface area contributed by atoms with Crippen molar-refractivity contribution in [3.8, 4) is 5.75 Å². The van der Waals surface area contributed by atoms with Gasteiger partial charge < -0.3 is 19.7 Å². The average Bonchev–Trinajstić information content (AvgIpc) is 2.86. The summed E-state index contributed by atoms with van der Waals surface area (Å²) in [6.45, 7) is 5.09. The van der Waals surface area contributed by atoms with Crippen molar-refractivity contribution in [3.63, 3.8) is 0 Å². The van der Waals surface area contributed by atoms with E-state index in [2.05, 4.69) is 4.90 Å². The first-order valence-corrected chi connectivity index (χ1v) is 12.6. The summed E-state index contributed by atoms with van der Waals surface area (Å²) in [6, 6.07) is 22.4. The van der Waals surface area contributed by atoms with E-state index in [0.717, 1.165) is 28.9 Å². The molecule has 2 N–H and O–H groups in total. The van der Waals surface area contributed by atoms with Crippen LogP contribution in [0.5, 0.6) is 5.75 Å². The molecule has 0 saturated carbocycles. The minimum absolute atomic E-state index is 0.358. The highest BCUT2D eigenvalue weighted by molar-refractivity contribution is 6.30. The molecule has 0 aromatic heterocycles. The molecule has 0 aliphatic heterocycles. The smallest absolute Gasteiger partial charge is 0.119 e. The van der Waals surface area contributed by atoms with E-state index in [-0.39, 0.29) is 0 Å². The summed E-state index contributed by atoms with van der Waals surface area (Å²) in [5.41, 5.74) is 2.63. The summed E-state index contributed by atoms with van der Waals surface area (Å²) in [6.07, 6.45) is -0.716. The van der Waals surface area contributed by atoms with E-state index in [0.29, 0.717) is 49.5 Å². The SMILES string of the molecule is CCOCCOc1ccc(CCN(CC(O)c2cccc(Cl)c2)CC(O)c2cccc(Cl)c2)cc1. The second-order valence-corrected chi connectivity index (χ2v) is 9.21. The highest BCUT2D eigenvalue weighted by Crippen LogP contribution is 2.23. The molecule has 0 bridgehead atoms. The van der Waals surface area contributed by atoms with Gasteiger partial charge in [0.1, 0.15) is 12.4 Å². The minimum atomic E-state index is -0.735. The fourth-order valence-electron chi connectivity index (χ4n) is 3.79. The maximum Gasteiger partial charge on any atom is 0.119 e. The van der Waals surface area contributed by atoms with Crippen LogP contribution in [0.1, 0.15) is 35.8 Å². The van der Waals surface area contributed by atoms with E-state index in [1.165, 1.54) is 0 Å². The van der Waals surface area contributed by atoms with Gasteiger partial charge in [0.2, 0.25) is 0 Å². The maximum absolute atomic E-state index is 10.9. The molecule has 5 nitrogen and oxygen atoms in total. The molecule has 188 valence electrons. The molecule has 3 rings (SSSR count). The first kappa shape index (κ1) is 27.5. The van der Waals surface area contributed by atoms with Gasteiger partial charge in [-0.3, -0.25) is 4.90 Å². The molecule has 3 aromatic rings. The Kier molecular flexibility index (Phi) is 11.3. The van der Waals surface area contributed by atoms with Gasteiger partial charge in [0, 0.05) is 36.3 Å². The topological polar surface area (TPSA) is 62.2 Å². The third kappa shape index (κ3) is 9.45. The number of hydrogen-bond donors (Lipinski definition) is 2. The standard InChI is InChI=1S/C28H33Cl2NO4/c1-2-34-15-16-35-26-11-9-21(10-12-26)13-14-31(19-27(32)22-5-3-7-24(29)17-22)20-28(33)23-6-4-8-25(30)18-23/h3-12,17-18,27-28,32-33H,2,13-16,19-20H2,1H3. The molecule has 35 heavy (non-hydrogen) atoms. The van der Waals surface area contributed by atoms with Gasteiger partial charge in [-0.05, 0) is 66.4 Å². The molecule has 3 aromatic carbocycles. The fraction of sp³-hybridized carbons (Fsp3) is 0.357. The van der Waals surface area contributed by atoms with E-state index >= 15 is 0 Å². The van der Waals surface area contributed by atoms with E-state index in [1.807, 2.05) is 55.5 Å². The van der Waals surface area contributed by atoms with Crippen LogP contribution in [0.15, 0.2) is 72.8 Å². The summed E-state index contributed by atoms with van der Waals surface area (Å²) < 4.78 is 11.0. The molecule has 0 aliphatic carbocycles. The van der Waals surface area contributed by atoms with Crippen LogP contribution < -0.4 is 4.74 Å². The van der Waals surface area contributed by atoms with Gasteiger partial charge in [0.25, 0.3) is 0 Å². The van der Waals surface area contributed by atoms with Crippen LogP contribution in [-0.4, -0.2) is 54.6 Å². The molecule has 0 saturated heterocycles. The second-order valence-electron chi connectivity index (χ2n) is 8.34. The summed E-state index contributed by atoms with van der Waals surface area (Å²) >= 11 is 12.2. The Morgan fingerprint density at radius 3 is 1.89 bits per heavy atom. The van der Waals surface area contributed by atoms with Gasteiger partial charge in [-0.2, -0.15) is 0 Å². The number of hydrogen-bond acceptors (Lipinski definition) is 5. The maximum atomic E-state index is 10.9. The van der Waals surface area contributed by atoms with Gasteiger partial charge in [-0.15, -0.1) is 0 Å². The number of aliphatic hydroxyl groups excluding tert-OH is 2. The predicted molar refractivity (Wildman–Crippen MR) is 141 cm³/mol. The second kappa shape index (κ2) is 14.4. The van der Waals surface area contributed by atoms with E-state index in [9.17, 15) is 10.2 Å². The van der Waals surface area contributed by atoms with Crippen LogP contribution in [0.4, 0.5) is 0 Å². The number of halogens is 2.